The number of carbonyl (C=O) groups is 1. The van der Waals surface area contributed by atoms with Gasteiger partial charge in [0.15, 0.2) is 5.78 Å². The van der Waals surface area contributed by atoms with Crippen LogP contribution in [0.15, 0.2) is 6.33 Å². The standard InChI is InChI=1S/C11H20N4O/c1-4-5-15-10(13-7-14-15)6-9(16)11(12)8(2)3/h7-8,11H,4-6,12H2,1-3H3. The third kappa shape index (κ3) is 3.13. The van der Waals surface area contributed by atoms with Crippen LogP contribution in [0.25, 0.3) is 0 Å². The molecule has 0 aromatic carbocycles. The normalized spacial score (nSPS) is 13.1. The van der Waals surface area contributed by atoms with Crippen molar-refractivity contribution >= 4 is 5.78 Å². The van der Waals surface area contributed by atoms with Gasteiger partial charge in [-0.1, -0.05) is 20.8 Å². The zero-order valence-corrected chi connectivity index (χ0v) is 10.2. The van der Waals surface area contributed by atoms with E-state index in [1.54, 1.807) is 4.68 Å². The number of nitrogens with two attached hydrogens (primary N) is 1. The molecule has 1 unspecified atom stereocenters. The zero-order valence-electron chi connectivity index (χ0n) is 10.2. The van der Waals surface area contributed by atoms with Crippen LogP contribution >= 0.6 is 0 Å². The highest BCUT2D eigenvalue weighted by Crippen LogP contribution is 2.05. The summed E-state index contributed by atoms with van der Waals surface area (Å²) in [6, 6.07) is -0.410. The molecule has 1 heterocycles. The molecule has 5 nitrogen and oxygen atoms in total. The minimum Gasteiger partial charge on any atom is -0.321 e. The van der Waals surface area contributed by atoms with Gasteiger partial charge in [-0.05, 0) is 12.3 Å². The maximum absolute atomic E-state index is 11.8. The molecule has 1 atom stereocenters. The summed E-state index contributed by atoms with van der Waals surface area (Å²) >= 11 is 0. The Kier molecular flexibility index (Phi) is 4.61. The van der Waals surface area contributed by atoms with Gasteiger partial charge in [-0.15, -0.1) is 0 Å². The summed E-state index contributed by atoms with van der Waals surface area (Å²) in [5.74, 6) is 0.901. The molecule has 0 spiro atoms. The second-order valence-electron chi connectivity index (χ2n) is 4.31. The lowest BCUT2D eigenvalue weighted by Crippen LogP contribution is -2.37. The van der Waals surface area contributed by atoms with Crippen LogP contribution in [0.4, 0.5) is 0 Å². The van der Waals surface area contributed by atoms with Gasteiger partial charge in [0.25, 0.3) is 0 Å². The summed E-state index contributed by atoms with van der Waals surface area (Å²) in [5, 5.41) is 4.08. The number of hydrogen-bond acceptors (Lipinski definition) is 4. The van der Waals surface area contributed by atoms with Crippen LogP contribution in [-0.2, 0) is 17.8 Å². The molecule has 0 aliphatic rings. The van der Waals surface area contributed by atoms with Gasteiger partial charge in [0, 0.05) is 6.54 Å². The number of nitrogens with zero attached hydrogens (tertiary/aromatic N) is 3. The van der Waals surface area contributed by atoms with Gasteiger partial charge in [-0.25, -0.2) is 9.67 Å². The first-order chi connectivity index (χ1) is 7.56. The van der Waals surface area contributed by atoms with Gasteiger partial charge in [0.1, 0.15) is 12.2 Å². The molecule has 0 saturated heterocycles. The van der Waals surface area contributed by atoms with E-state index in [4.69, 9.17) is 5.73 Å². The number of hydrogen-bond donors (Lipinski definition) is 1. The number of aryl methyl sites for hydroxylation is 1. The Labute approximate surface area is 96.0 Å². The van der Waals surface area contributed by atoms with Crippen molar-refractivity contribution in [1.29, 1.82) is 0 Å². The molecule has 0 aliphatic carbocycles. The molecule has 5 heteroatoms. The summed E-state index contributed by atoms with van der Waals surface area (Å²) in [6.45, 7) is 6.74. The number of Topliss-reactive ketones (excluding diaryl/α,β-unsaturated/α-hetero) is 1. The first-order valence-electron chi connectivity index (χ1n) is 5.71. The zero-order chi connectivity index (χ0) is 12.1. The molecule has 16 heavy (non-hydrogen) atoms. The molecule has 0 saturated carbocycles. The Balaban J connectivity index is 2.65. The summed E-state index contributed by atoms with van der Waals surface area (Å²) < 4.78 is 1.77. The largest absolute Gasteiger partial charge is 0.321 e. The average molecular weight is 224 g/mol. The van der Waals surface area contributed by atoms with E-state index in [-0.39, 0.29) is 18.1 Å². The van der Waals surface area contributed by atoms with Gasteiger partial charge < -0.3 is 5.73 Å². The van der Waals surface area contributed by atoms with Gasteiger partial charge in [0.05, 0.1) is 12.5 Å². The topological polar surface area (TPSA) is 73.8 Å². The Morgan fingerprint density at radius 3 is 2.81 bits per heavy atom. The van der Waals surface area contributed by atoms with Gasteiger partial charge >= 0.3 is 0 Å². The minimum atomic E-state index is -0.410. The number of carbonyl (C=O) groups excluding carboxylic acids is 1. The van der Waals surface area contributed by atoms with Crippen LogP contribution < -0.4 is 5.73 Å². The van der Waals surface area contributed by atoms with E-state index in [9.17, 15) is 4.79 Å². The lowest BCUT2D eigenvalue weighted by Gasteiger charge is -2.13. The Morgan fingerprint density at radius 2 is 2.25 bits per heavy atom. The van der Waals surface area contributed by atoms with E-state index < -0.39 is 6.04 Å². The monoisotopic (exact) mass is 224 g/mol. The van der Waals surface area contributed by atoms with Crippen LogP contribution in [0.2, 0.25) is 0 Å². The van der Waals surface area contributed by atoms with Crippen molar-refractivity contribution < 1.29 is 4.79 Å². The van der Waals surface area contributed by atoms with Crippen LogP contribution in [0.1, 0.15) is 33.0 Å². The lowest BCUT2D eigenvalue weighted by molar-refractivity contribution is -0.120. The quantitative estimate of drug-likeness (QED) is 0.775. The van der Waals surface area contributed by atoms with E-state index >= 15 is 0 Å². The molecule has 1 aromatic heterocycles. The smallest absolute Gasteiger partial charge is 0.157 e. The molecule has 0 aliphatic heterocycles. The molecule has 1 aromatic rings. The fourth-order valence-electron chi connectivity index (χ4n) is 1.47. The Bertz CT molecular complexity index is 346. The third-order valence-corrected chi connectivity index (χ3v) is 2.55. The van der Waals surface area contributed by atoms with E-state index in [0.29, 0.717) is 5.82 Å². The fraction of sp³-hybridized carbons (Fsp3) is 0.727. The van der Waals surface area contributed by atoms with Crippen molar-refractivity contribution in [2.75, 3.05) is 0 Å². The van der Waals surface area contributed by atoms with Gasteiger partial charge in [-0.3, -0.25) is 4.79 Å². The molecule has 90 valence electrons. The second kappa shape index (κ2) is 5.75. The third-order valence-electron chi connectivity index (χ3n) is 2.55. The van der Waals surface area contributed by atoms with Crippen molar-refractivity contribution in [3.05, 3.63) is 12.2 Å². The van der Waals surface area contributed by atoms with Crippen molar-refractivity contribution in [3.8, 4) is 0 Å². The molecule has 0 radical (unpaired) electrons. The highest BCUT2D eigenvalue weighted by atomic mass is 16.1. The van der Waals surface area contributed by atoms with Gasteiger partial charge in [-0.2, -0.15) is 5.10 Å². The van der Waals surface area contributed by atoms with E-state index in [0.717, 1.165) is 13.0 Å². The molecule has 0 fully saturated rings. The average Bonchev–Trinajstić information content (AvgIpc) is 2.65. The van der Waals surface area contributed by atoms with Crippen LogP contribution in [0, 0.1) is 5.92 Å². The fourth-order valence-corrected chi connectivity index (χ4v) is 1.47. The van der Waals surface area contributed by atoms with Crippen LogP contribution in [0.5, 0.6) is 0 Å². The summed E-state index contributed by atoms with van der Waals surface area (Å²) in [5.41, 5.74) is 5.79. The van der Waals surface area contributed by atoms with Crippen LogP contribution in [-0.4, -0.2) is 26.6 Å². The van der Waals surface area contributed by atoms with E-state index in [2.05, 4.69) is 17.0 Å². The van der Waals surface area contributed by atoms with Crippen molar-refractivity contribution in [3.63, 3.8) is 0 Å². The van der Waals surface area contributed by atoms with Crippen molar-refractivity contribution in [1.82, 2.24) is 14.8 Å². The lowest BCUT2D eigenvalue weighted by atomic mass is 9.99. The SMILES string of the molecule is CCCn1ncnc1CC(=O)C(N)C(C)C. The first kappa shape index (κ1) is 12.8. The number of ketones is 1. The molecule has 0 amide bonds. The number of aromatic nitrogens is 3. The first-order valence-corrected chi connectivity index (χ1v) is 5.71. The van der Waals surface area contributed by atoms with E-state index in [1.807, 2.05) is 13.8 Å². The maximum Gasteiger partial charge on any atom is 0.157 e. The Hall–Kier alpha value is -1.23. The Morgan fingerprint density at radius 1 is 1.56 bits per heavy atom. The van der Waals surface area contributed by atoms with E-state index in [1.165, 1.54) is 6.33 Å². The number of rotatable bonds is 6. The second-order valence-corrected chi connectivity index (χ2v) is 4.31. The van der Waals surface area contributed by atoms with Crippen molar-refractivity contribution in [2.45, 2.75) is 46.2 Å². The van der Waals surface area contributed by atoms with Crippen LogP contribution in [0.3, 0.4) is 0 Å². The predicted octanol–water partition coefficient (Wildman–Crippen LogP) is 0.783. The predicted molar refractivity (Wildman–Crippen MR) is 61.8 cm³/mol. The highest BCUT2D eigenvalue weighted by Gasteiger charge is 2.19. The summed E-state index contributed by atoms with van der Waals surface area (Å²) in [7, 11) is 0. The molecule has 1 rings (SSSR count). The summed E-state index contributed by atoms with van der Waals surface area (Å²) in [6.07, 6.45) is 2.74. The maximum atomic E-state index is 11.8. The molecule has 0 bridgehead atoms. The molecular formula is C11H20N4O. The van der Waals surface area contributed by atoms with Crippen molar-refractivity contribution in [2.24, 2.45) is 11.7 Å². The molecule has 2 N–H and O–H groups in total. The minimum absolute atomic E-state index is 0.0281. The highest BCUT2D eigenvalue weighted by molar-refractivity contribution is 5.85. The summed E-state index contributed by atoms with van der Waals surface area (Å²) in [4.78, 5) is 15.9. The van der Waals surface area contributed by atoms with Gasteiger partial charge in [0.2, 0.25) is 0 Å². The molecular weight excluding hydrogens is 204 g/mol.